The number of ether oxygens (including phenoxy) is 1. The standard InChI is InChI=1S/C17H21F4NO4S/c1-2-9-22(12-6-4-7-12)14-10-11-5-3-8-13(18)15(11)25-16(14)26-27(23,24)17(19,20)21/h3,5,8,12,14,16H,2,4,6-7,9-10H2,1H3/t14?,16-/m1/s1. The number of nitrogens with zero attached hydrogens (tertiary/aromatic N) is 1. The largest absolute Gasteiger partial charge is 0.523 e. The second kappa shape index (κ2) is 7.56. The molecule has 0 bridgehead atoms. The molecule has 1 aliphatic heterocycles. The van der Waals surface area contributed by atoms with Gasteiger partial charge in [-0.15, -0.1) is 0 Å². The van der Waals surface area contributed by atoms with Crippen molar-refractivity contribution >= 4 is 10.1 Å². The van der Waals surface area contributed by atoms with Gasteiger partial charge in [-0.2, -0.15) is 21.6 Å². The molecule has 1 aromatic rings. The number of hydrogen-bond acceptors (Lipinski definition) is 5. The topological polar surface area (TPSA) is 55.8 Å². The van der Waals surface area contributed by atoms with Gasteiger partial charge in [-0.3, -0.25) is 4.90 Å². The van der Waals surface area contributed by atoms with Crippen molar-refractivity contribution in [1.82, 2.24) is 4.90 Å². The number of rotatable bonds is 6. The van der Waals surface area contributed by atoms with Crippen molar-refractivity contribution in [2.24, 2.45) is 0 Å². The molecule has 5 nitrogen and oxygen atoms in total. The number of para-hydroxylation sites is 1. The Morgan fingerprint density at radius 2 is 2.00 bits per heavy atom. The Labute approximate surface area is 155 Å². The van der Waals surface area contributed by atoms with E-state index in [1.165, 1.54) is 6.07 Å². The van der Waals surface area contributed by atoms with E-state index in [0.717, 1.165) is 31.7 Å². The summed E-state index contributed by atoms with van der Waals surface area (Å²) < 4.78 is 85.4. The first-order chi connectivity index (χ1) is 12.6. The average Bonchev–Trinajstić information content (AvgIpc) is 2.52. The second-order valence-corrected chi connectivity index (χ2v) is 8.37. The van der Waals surface area contributed by atoms with Gasteiger partial charge in [0, 0.05) is 6.04 Å². The Hall–Kier alpha value is -1.39. The first-order valence-corrected chi connectivity index (χ1v) is 10.2. The second-order valence-electron chi connectivity index (χ2n) is 6.80. The van der Waals surface area contributed by atoms with Crippen LogP contribution in [0.3, 0.4) is 0 Å². The van der Waals surface area contributed by atoms with E-state index in [2.05, 4.69) is 4.18 Å². The summed E-state index contributed by atoms with van der Waals surface area (Å²) in [4.78, 5) is 1.94. The molecule has 1 aliphatic carbocycles. The third kappa shape index (κ3) is 4.07. The highest BCUT2D eigenvalue weighted by Crippen LogP contribution is 2.38. The highest BCUT2D eigenvalue weighted by molar-refractivity contribution is 7.87. The molecule has 1 aromatic carbocycles. The van der Waals surface area contributed by atoms with Gasteiger partial charge in [0.1, 0.15) is 0 Å². The van der Waals surface area contributed by atoms with E-state index in [9.17, 15) is 26.0 Å². The van der Waals surface area contributed by atoms with E-state index in [4.69, 9.17) is 4.74 Å². The molecule has 0 aromatic heterocycles. The normalized spacial score (nSPS) is 23.6. The summed E-state index contributed by atoms with van der Waals surface area (Å²) in [6.45, 7) is 2.47. The molecule has 10 heteroatoms. The van der Waals surface area contributed by atoms with Gasteiger partial charge in [-0.25, -0.2) is 8.57 Å². The maximum absolute atomic E-state index is 14.1. The van der Waals surface area contributed by atoms with E-state index in [1.54, 1.807) is 6.07 Å². The van der Waals surface area contributed by atoms with Crippen LogP contribution in [-0.4, -0.2) is 43.7 Å². The van der Waals surface area contributed by atoms with Crippen LogP contribution in [0.1, 0.15) is 38.2 Å². The molecule has 0 radical (unpaired) electrons. The predicted octanol–water partition coefficient (Wildman–Crippen LogP) is 3.59. The average molecular weight is 411 g/mol. The number of halogens is 4. The van der Waals surface area contributed by atoms with Crippen molar-refractivity contribution in [2.75, 3.05) is 6.54 Å². The summed E-state index contributed by atoms with van der Waals surface area (Å²) in [6, 6.07) is 3.56. The molecule has 3 rings (SSSR count). The summed E-state index contributed by atoms with van der Waals surface area (Å²) in [5, 5.41) is 0. The Kier molecular flexibility index (Phi) is 5.69. The van der Waals surface area contributed by atoms with Gasteiger partial charge in [-0.05, 0) is 43.9 Å². The molecule has 2 atom stereocenters. The number of hydrogen-bond donors (Lipinski definition) is 0. The molecule has 0 spiro atoms. The monoisotopic (exact) mass is 411 g/mol. The zero-order chi connectivity index (χ0) is 19.8. The molecule has 1 fully saturated rings. The smallest absolute Gasteiger partial charge is 0.459 e. The molecule has 2 aliphatic rings. The van der Waals surface area contributed by atoms with Gasteiger partial charge < -0.3 is 4.74 Å². The third-order valence-corrected chi connectivity index (χ3v) is 5.99. The molecule has 152 valence electrons. The minimum atomic E-state index is -5.88. The van der Waals surface area contributed by atoms with Gasteiger partial charge in [-0.1, -0.05) is 25.5 Å². The first-order valence-electron chi connectivity index (χ1n) is 8.83. The van der Waals surface area contributed by atoms with Crippen LogP contribution in [0.25, 0.3) is 0 Å². The van der Waals surface area contributed by atoms with Gasteiger partial charge in [0.05, 0.1) is 6.04 Å². The van der Waals surface area contributed by atoms with E-state index in [1.807, 2.05) is 11.8 Å². The lowest BCUT2D eigenvalue weighted by atomic mass is 9.88. The minimum absolute atomic E-state index is 0.119. The maximum Gasteiger partial charge on any atom is 0.523 e. The Bertz CT molecular complexity index is 780. The van der Waals surface area contributed by atoms with Crippen molar-refractivity contribution in [1.29, 1.82) is 0 Å². The highest BCUT2D eigenvalue weighted by Gasteiger charge is 2.52. The van der Waals surface area contributed by atoms with Gasteiger partial charge >= 0.3 is 15.6 Å². The molecule has 1 unspecified atom stereocenters. The molecule has 27 heavy (non-hydrogen) atoms. The maximum atomic E-state index is 14.1. The summed E-state index contributed by atoms with van der Waals surface area (Å²) >= 11 is 0. The molecule has 0 saturated heterocycles. The van der Waals surface area contributed by atoms with Crippen LogP contribution in [-0.2, 0) is 20.7 Å². The van der Waals surface area contributed by atoms with Crippen LogP contribution in [0.5, 0.6) is 5.75 Å². The lowest BCUT2D eigenvalue weighted by Gasteiger charge is -2.46. The van der Waals surface area contributed by atoms with Crippen molar-refractivity contribution in [3.8, 4) is 5.75 Å². The third-order valence-electron chi connectivity index (χ3n) is 4.98. The van der Waals surface area contributed by atoms with E-state index < -0.39 is 33.8 Å². The Balaban J connectivity index is 1.96. The first kappa shape index (κ1) is 20.3. The number of fused-ring (bicyclic) bond motifs is 1. The van der Waals surface area contributed by atoms with Crippen LogP contribution in [0.4, 0.5) is 17.6 Å². The van der Waals surface area contributed by atoms with Crippen LogP contribution >= 0.6 is 0 Å². The van der Waals surface area contributed by atoms with Crippen molar-refractivity contribution in [3.05, 3.63) is 29.6 Å². The molecule has 0 amide bonds. The highest BCUT2D eigenvalue weighted by atomic mass is 32.2. The molecule has 1 saturated carbocycles. The summed E-state index contributed by atoms with van der Waals surface area (Å²) in [5.74, 6) is -1.03. The predicted molar refractivity (Wildman–Crippen MR) is 89.0 cm³/mol. The van der Waals surface area contributed by atoms with Crippen LogP contribution in [0.15, 0.2) is 18.2 Å². The minimum Gasteiger partial charge on any atom is -0.459 e. The quantitative estimate of drug-likeness (QED) is 0.407. The van der Waals surface area contributed by atoms with Crippen molar-refractivity contribution in [2.45, 2.75) is 62.9 Å². The fourth-order valence-electron chi connectivity index (χ4n) is 3.49. The van der Waals surface area contributed by atoms with Gasteiger partial charge in [0.2, 0.25) is 6.29 Å². The van der Waals surface area contributed by atoms with Crippen LogP contribution in [0.2, 0.25) is 0 Å². The SMILES string of the molecule is CCCN(C1CCC1)C1Cc2cccc(F)c2O[C@@H]1OS(=O)(=O)C(F)(F)F. The number of alkyl halides is 3. The zero-order valence-electron chi connectivity index (χ0n) is 14.7. The fraction of sp³-hybridized carbons (Fsp3) is 0.647. The van der Waals surface area contributed by atoms with Crippen LogP contribution in [0, 0.1) is 5.82 Å². The van der Waals surface area contributed by atoms with Crippen molar-refractivity contribution in [3.63, 3.8) is 0 Å². The lowest BCUT2D eigenvalue weighted by molar-refractivity contribution is -0.111. The molecule has 1 heterocycles. The lowest BCUT2D eigenvalue weighted by Crippen LogP contribution is -2.57. The van der Waals surface area contributed by atoms with Crippen molar-refractivity contribution < 1.29 is 34.9 Å². The van der Waals surface area contributed by atoms with E-state index in [-0.39, 0.29) is 18.2 Å². The molecular formula is C17H21F4NO4S. The number of benzene rings is 1. The van der Waals surface area contributed by atoms with Crippen LogP contribution < -0.4 is 4.74 Å². The fourth-order valence-corrected chi connectivity index (χ4v) is 4.02. The Morgan fingerprint density at radius 1 is 1.30 bits per heavy atom. The Morgan fingerprint density at radius 3 is 2.56 bits per heavy atom. The summed E-state index contributed by atoms with van der Waals surface area (Å²) in [5.41, 5.74) is -5.10. The van der Waals surface area contributed by atoms with E-state index in [0.29, 0.717) is 12.1 Å². The summed E-state index contributed by atoms with van der Waals surface area (Å²) in [6.07, 6.45) is 1.82. The molecule has 0 N–H and O–H groups in total. The van der Waals surface area contributed by atoms with Gasteiger partial charge in [0.25, 0.3) is 0 Å². The van der Waals surface area contributed by atoms with Gasteiger partial charge in [0.15, 0.2) is 11.6 Å². The van der Waals surface area contributed by atoms with E-state index >= 15 is 0 Å². The zero-order valence-corrected chi connectivity index (χ0v) is 15.5. The summed E-state index contributed by atoms with van der Waals surface area (Å²) in [7, 11) is -5.88. The molecular weight excluding hydrogens is 390 g/mol.